The second-order valence-electron chi connectivity index (χ2n) is 6.90. The lowest BCUT2D eigenvalue weighted by Crippen LogP contribution is -2.17. The molecule has 0 spiro atoms. The number of nitrogens with zero attached hydrogens (tertiary/aromatic N) is 1. The van der Waals surface area contributed by atoms with Crippen LogP contribution >= 0.6 is 0 Å². The maximum atomic E-state index is 13.7. The highest BCUT2D eigenvalue weighted by molar-refractivity contribution is 7.89. The second-order valence-corrected chi connectivity index (χ2v) is 9.04. The fourth-order valence-corrected chi connectivity index (χ4v) is 3.96. The lowest BCUT2D eigenvalue weighted by molar-refractivity contribution is 0.318. The third-order valence-electron chi connectivity index (χ3n) is 4.37. The first-order valence-corrected chi connectivity index (χ1v) is 11.0. The topological polar surface area (TPSA) is 65.4 Å². The molecule has 7 heteroatoms. The van der Waals surface area contributed by atoms with Crippen molar-refractivity contribution in [1.82, 2.24) is 4.57 Å². The van der Waals surface area contributed by atoms with Gasteiger partial charge in [0.05, 0.1) is 17.7 Å². The molecule has 0 N–H and O–H groups in total. The third kappa shape index (κ3) is 4.25. The van der Waals surface area contributed by atoms with Crippen LogP contribution in [0.2, 0.25) is 0 Å². The number of hydrogen-bond donors (Lipinski definition) is 0. The molecule has 0 aliphatic carbocycles. The van der Waals surface area contributed by atoms with Crippen molar-refractivity contribution in [2.24, 2.45) is 7.05 Å². The maximum Gasteiger partial charge on any atom is 0.258 e. The Morgan fingerprint density at radius 2 is 1.82 bits per heavy atom. The number of pyridine rings is 1. The van der Waals surface area contributed by atoms with E-state index in [9.17, 15) is 17.6 Å². The Balaban J connectivity index is 2.30. The summed E-state index contributed by atoms with van der Waals surface area (Å²) in [5, 5.41) is 0.845. The van der Waals surface area contributed by atoms with E-state index in [1.54, 1.807) is 37.5 Å². The first-order chi connectivity index (χ1) is 13.2. The predicted molar refractivity (Wildman–Crippen MR) is 109 cm³/mol. The van der Waals surface area contributed by atoms with Gasteiger partial charge in [-0.05, 0) is 41.6 Å². The molecule has 1 heterocycles. The summed E-state index contributed by atoms with van der Waals surface area (Å²) in [6.45, 7) is 2.48. The summed E-state index contributed by atoms with van der Waals surface area (Å²) < 4.78 is 44.5. The highest BCUT2D eigenvalue weighted by Crippen LogP contribution is 2.35. The fraction of sp³-hybridized carbons (Fsp3) is 0.286. The second kappa shape index (κ2) is 7.75. The van der Waals surface area contributed by atoms with Crippen LogP contribution in [0.3, 0.4) is 0 Å². The zero-order valence-corrected chi connectivity index (χ0v) is 16.8. The zero-order chi connectivity index (χ0) is 20.5. The zero-order valence-electron chi connectivity index (χ0n) is 16.0. The molecule has 28 heavy (non-hydrogen) atoms. The first kappa shape index (κ1) is 20.1. The van der Waals surface area contributed by atoms with Crippen molar-refractivity contribution in [2.45, 2.75) is 19.1 Å². The van der Waals surface area contributed by atoms with E-state index in [1.807, 2.05) is 6.92 Å². The smallest absolute Gasteiger partial charge is 0.258 e. The Hall–Kier alpha value is -2.67. The molecule has 3 rings (SSSR count). The monoisotopic (exact) mass is 403 g/mol. The van der Waals surface area contributed by atoms with Gasteiger partial charge in [0.25, 0.3) is 5.56 Å². The van der Waals surface area contributed by atoms with Crippen LogP contribution in [-0.2, 0) is 22.6 Å². The van der Waals surface area contributed by atoms with Crippen molar-refractivity contribution in [3.63, 3.8) is 0 Å². The van der Waals surface area contributed by atoms with Gasteiger partial charge in [-0.2, -0.15) is 0 Å². The molecule has 0 saturated heterocycles. The Morgan fingerprint density at radius 1 is 1.07 bits per heavy atom. The Bertz CT molecular complexity index is 1200. The number of aryl methyl sites for hydroxylation is 1. The predicted octanol–water partition coefficient (Wildman–Crippen LogP) is 3.68. The summed E-state index contributed by atoms with van der Waals surface area (Å²) in [6.07, 6.45) is 3.66. The number of fused-ring (bicyclic) bond motifs is 1. The van der Waals surface area contributed by atoms with Gasteiger partial charge in [-0.25, -0.2) is 12.8 Å². The molecule has 148 valence electrons. The molecule has 1 aromatic heterocycles. The minimum atomic E-state index is -3.21. The molecular formula is C21H22FNO4S. The summed E-state index contributed by atoms with van der Waals surface area (Å²) in [5.41, 5.74) is 1.66. The van der Waals surface area contributed by atoms with Crippen LogP contribution in [0.4, 0.5) is 4.39 Å². The molecule has 5 nitrogen and oxygen atoms in total. The van der Waals surface area contributed by atoms with Crippen LogP contribution in [0.25, 0.3) is 21.9 Å². The van der Waals surface area contributed by atoms with E-state index in [1.165, 1.54) is 23.0 Å². The van der Waals surface area contributed by atoms with E-state index in [4.69, 9.17) is 4.74 Å². The number of hydrogen-bond acceptors (Lipinski definition) is 4. The van der Waals surface area contributed by atoms with Gasteiger partial charge in [-0.1, -0.05) is 19.1 Å². The highest BCUT2D eigenvalue weighted by atomic mass is 32.2. The number of halogens is 1. The van der Waals surface area contributed by atoms with Gasteiger partial charge in [-0.15, -0.1) is 0 Å². The first-order valence-electron chi connectivity index (χ1n) is 8.92. The minimum Gasteiger partial charge on any atom is -0.493 e. The molecule has 0 amide bonds. The number of rotatable bonds is 6. The van der Waals surface area contributed by atoms with Crippen LogP contribution in [0.5, 0.6) is 5.75 Å². The molecule has 0 fully saturated rings. The maximum absolute atomic E-state index is 13.7. The van der Waals surface area contributed by atoms with Crippen molar-refractivity contribution >= 4 is 20.6 Å². The molecule has 0 bridgehead atoms. The summed E-state index contributed by atoms with van der Waals surface area (Å²) >= 11 is 0. The van der Waals surface area contributed by atoms with Crippen LogP contribution in [0.1, 0.15) is 18.9 Å². The van der Waals surface area contributed by atoms with E-state index >= 15 is 0 Å². The fourth-order valence-electron chi connectivity index (χ4n) is 3.17. The Morgan fingerprint density at radius 3 is 2.50 bits per heavy atom. The summed E-state index contributed by atoms with van der Waals surface area (Å²) in [5.74, 6) is -0.00903. The van der Waals surface area contributed by atoms with Gasteiger partial charge in [0.2, 0.25) is 0 Å². The van der Waals surface area contributed by atoms with Crippen molar-refractivity contribution < 1.29 is 17.5 Å². The van der Waals surface area contributed by atoms with E-state index in [2.05, 4.69) is 0 Å². The molecule has 0 atom stereocenters. The molecule has 3 aromatic rings. The van der Waals surface area contributed by atoms with Gasteiger partial charge < -0.3 is 9.30 Å². The lowest BCUT2D eigenvalue weighted by atomic mass is 9.98. The van der Waals surface area contributed by atoms with Crippen molar-refractivity contribution in [3.8, 4) is 16.9 Å². The average Bonchev–Trinajstić information content (AvgIpc) is 2.62. The number of ether oxygens (including phenoxy) is 1. The number of benzene rings is 2. The minimum absolute atomic E-state index is 0.105. The van der Waals surface area contributed by atoms with Gasteiger partial charge >= 0.3 is 0 Å². The third-order valence-corrected chi connectivity index (χ3v) is 5.23. The summed E-state index contributed by atoms with van der Waals surface area (Å²) in [7, 11) is -1.61. The van der Waals surface area contributed by atoms with Crippen LogP contribution < -0.4 is 10.3 Å². The highest BCUT2D eigenvalue weighted by Gasteiger charge is 2.16. The molecule has 0 unspecified atom stereocenters. The van der Waals surface area contributed by atoms with E-state index in [0.29, 0.717) is 34.4 Å². The molecule has 2 aromatic carbocycles. The Kier molecular flexibility index (Phi) is 5.56. The average molecular weight is 403 g/mol. The molecule has 0 saturated carbocycles. The van der Waals surface area contributed by atoms with E-state index < -0.39 is 15.7 Å². The normalized spacial score (nSPS) is 11.7. The van der Waals surface area contributed by atoms with Crippen LogP contribution in [0.15, 0.2) is 47.4 Å². The van der Waals surface area contributed by atoms with Crippen molar-refractivity contribution in [3.05, 3.63) is 64.3 Å². The summed E-state index contributed by atoms with van der Waals surface area (Å²) in [4.78, 5) is 12.5. The standard InChI is InChI=1S/C21H22FNO4S/c1-4-9-27-20-8-5-14(13-28(3,25)26)10-17(20)19-12-23(2)21(24)18-11-15(22)6-7-16(18)19/h5-8,10-12H,4,9,13H2,1-3H3. The van der Waals surface area contributed by atoms with Crippen LogP contribution in [-0.4, -0.2) is 25.8 Å². The Labute approximate surface area is 163 Å². The number of aromatic nitrogens is 1. The van der Waals surface area contributed by atoms with E-state index in [-0.39, 0.29) is 16.7 Å². The summed E-state index contributed by atoms with van der Waals surface area (Å²) in [6, 6.07) is 9.31. The van der Waals surface area contributed by atoms with Gasteiger partial charge in [-0.3, -0.25) is 4.79 Å². The van der Waals surface area contributed by atoms with Gasteiger partial charge in [0.15, 0.2) is 9.84 Å². The molecule has 0 aliphatic rings. The molecular weight excluding hydrogens is 381 g/mol. The SMILES string of the molecule is CCCOc1ccc(CS(C)(=O)=O)cc1-c1cn(C)c(=O)c2cc(F)ccc12. The van der Waals surface area contributed by atoms with Gasteiger partial charge in [0.1, 0.15) is 11.6 Å². The largest absolute Gasteiger partial charge is 0.493 e. The van der Waals surface area contributed by atoms with Crippen molar-refractivity contribution in [1.29, 1.82) is 0 Å². The quantitative estimate of drug-likeness (QED) is 0.630. The van der Waals surface area contributed by atoms with Crippen LogP contribution in [0, 0.1) is 5.82 Å². The van der Waals surface area contributed by atoms with Crippen molar-refractivity contribution in [2.75, 3.05) is 12.9 Å². The van der Waals surface area contributed by atoms with E-state index in [0.717, 1.165) is 6.42 Å². The number of sulfone groups is 1. The molecule has 0 radical (unpaired) electrons. The lowest BCUT2D eigenvalue weighted by Gasteiger charge is -2.16. The van der Waals surface area contributed by atoms with Gasteiger partial charge in [0, 0.05) is 30.6 Å². The molecule has 0 aliphatic heterocycles.